The minimum Gasteiger partial charge on any atom is -0.477 e. The van der Waals surface area contributed by atoms with Gasteiger partial charge in [0.2, 0.25) is 5.88 Å². The zero-order valence-corrected chi connectivity index (χ0v) is 12.1. The van der Waals surface area contributed by atoms with Gasteiger partial charge in [-0.1, -0.05) is 0 Å². The van der Waals surface area contributed by atoms with E-state index in [1.165, 1.54) is 0 Å². The van der Waals surface area contributed by atoms with Gasteiger partial charge in [0, 0.05) is 19.4 Å². The van der Waals surface area contributed by atoms with Gasteiger partial charge in [-0.05, 0) is 44.2 Å². The Labute approximate surface area is 119 Å². The lowest BCUT2D eigenvalue weighted by Crippen LogP contribution is -2.22. The molecule has 0 N–H and O–H groups in total. The van der Waals surface area contributed by atoms with Crippen molar-refractivity contribution in [3.63, 3.8) is 0 Å². The summed E-state index contributed by atoms with van der Waals surface area (Å²) in [6.45, 7) is 6.10. The van der Waals surface area contributed by atoms with Gasteiger partial charge in [-0.2, -0.15) is 0 Å². The van der Waals surface area contributed by atoms with Gasteiger partial charge >= 0.3 is 5.97 Å². The highest BCUT2D eigenvalue weighted by atomic mass is 16.5. The van der Waals surface area contributed by atoms with Crippen LogP contribution in [0.2, 0.25) is 0 Å². The van der Waals surface area contributed by atoms with Crippen molar-refractivity contribution in [2.75, 3.05) is 26.4 Å². The Morgan fingerprint density at radius 3 is 2.90 bits per heavy atom. The Hall–Kier alpha value is -1.62. The smallest absolute Gasteiger partial charge is 0.343 e. The van der Waals surface area contributed by atoms with Crippen molar-refractivity contribution < 1.29 is 19.0 Å². The monoisotopic (exact) mass is 279 g/mol. The van der Waals surface area contributed by atoms with E-state index in [9.17, 15) is 4.79 Å². The molecule has 0 saturated carbocycles. The molecule has 0 spiro atoms. The van der Waals surface area contributed by atoms with Crippen LogP contribution in [0.1, 0.15) is 35.7 Å². The molecule has 20 heavy (non-hydrogen) atoms. The van der Waals surface area contributed by atoms with Crippen molar-refractivity contribution in [3.05, 3.63) is 23.4 Å². The number of ether oxygens (including phenoxy) is 3. The van der Waals surface area contributed by atoms with E-state index in [1.54, 1.807) is 19.2 Å². The van der Waals surface area contributed by atoms with Crippen molar-refractivity contribution in [1.82, 2.24) is 4.98 Å². The highest BCUT2D eigenvalue weighted by molar-refractivity contribution is 5.93. The zero-order chi connectivity index (χ0) is 14.4. The number of hydrogen-bond donors (Lipinski definition) is 0. The van der Waals surface area contributed by atoms with Crippen LogP contribution in [0.25, 0.3) is 0 Å². The third kappa shape index (κ3) is 3.70. The maximum atomic E-state index is 12.0. The molecule has 5 nitrogen and oxygen atoms in total. The van der Waals surface area contributed by atoms with Gasteiger partial charge in [-0.25, -0.2) is 9.78 Å². The summed E-state index contributed by atoms with van der Waals surface area (Å²) in [6.07, 6.45) is 3.62. The van der Waals surface area contributed by atoms with Crippen molar-refractivity contribution >= 4 is 5.97 Å². The second kappa shape index (κ2) is 7.24. The molecule has 0 atom stereocenters. The maximum absolute atomic E-state index is 12.0. The van der Waals surface area contributed by atoms with Crippen molar-refractivity contribution in [3.8, 4) is 5.88 Å². The molecule has 5 heteroatoms. The largest absolute Gasteiger partial charge is 0.477 e. The van der Waals surface area contributed by atoms with E-state index in [0.29, 0.717) is 30.6 Å². The summed E-state index contributed by atoms with van der Waals surface area (Å²) in [5.74, 6) is 0.455. The van der Waals surface area contributed by atoms with Crippen LogP contribution < -0.4 is 4.74 Å². The van der Waals surface area contributed by atoms with Crippen LogP contribution in [-0.2, 0) is 9.47 Å². The van der Waals surface area contributed by atoms with Gasteiger partial charge in [0.25, 0.3) is 0 Å². The van der Waals surface area contributed by atoms with E-state index in [1.807, 2.05) is 6.92 Å². The van der Waals surface area contributed by atoms with E-state index in [2.05, 4.69) is 4.98 Å². The summed E-state index contributed by atoms with van der Waals surface area (Å²) in [4.78, 5) is 16.1. The van der Waals surface area contributed by atoms with Crippen LogP contribution in [0.5, 0.6) is 5.88 Å². The first-order chi connectivity index (χ1) is 9.72. The molecule has 1 fully saturated rings. The van der Waals surface area contributed by atoms with Gasteiger partial charge in [0.15, 0.2) is 0 Å². The average molecular weight is 279 g/mol. The molecule has 1 aliphatic heterocycles. The number of pyridine rings is 1. The molecule has 1 aromatic heterocycles. The van der Waals surface area contributed by atoms with Gasteiger partial charge in [0.1, 0.15) is 5.56 Å². The quantitative estimate of drug-likeness (QED) is 0.774. The second-order valence-corrected chi connectivity index (χ2v) is 4.90. The third-order valence-electron chi connectivity index (χ3n) is 3.40. The highest BCUT2D eigenvalue weighted by Gasteiger charge is 2.20. The summed E-state index contributed by atoms with van der Waals surface area (Å²) in [6, 6.07) is 1.79. The van der Waals surface area contributed by atoms with Crippen LogP contribution in [0.3, 0.4) is 0 Å². The van der Waals surface area contributed by atoms with Crippen molar-refractivity contribution in [1.29, 1.82) is 0 Å². The van der Waals surface area contributed by atoms with E-state index < -0.39 is 0 Å². The van der Waals surface area contributed by atoms with Crippen molar-refractivity contribution in [2.45, 2.75) is 26.7 Å². The van der Waals surface area contributed by atoms with Gasteiger partial charge in [-0.3, -0.25) is 0 Å². The first-order valence-corrected chi connectivity index (χ1v) is 7.05. The molecule has 0 amide bonds. The molecule has 0 unspecified atom stereocenters. The molecule has 0 aromatic carbocycles. The fourth-order valence-corrected chi connectivity index (χ4v) is 2.20. The van der Waals surface area contributed by atoms with Gasteiger partial charge in [-0.15, -0.1) is 0 Å². The lowest BCUT2D eigenvalue weighted by atomic mass is 10.0. The third-order valence-corrected chi connectivity index (χ3v) is 3.40. The van der Waals surface area contributed by atoms with E-state index in [4.69, 9.17) is 14.2 Å². The number of aryl methyl sites for hydroxylation is 1. The number of rotatable bonds is 5. The van der Waals surface area contributed by atoms with Crippen LogP contribution in [0, 0.1) is 12.8 Å². The van der Waals surface area contributed by atoms with Crippen LogP contribution in [0.15, 0.2) is 12.3 Å². The first-order valence-electron chi connectivity index (χ1n) is 7.05. The molecule has 1 aliphatic rings. The van der Waals surface area contributed by atoms with E-state index in [-0.39, 0.29) is 5.97 Å². The minimum absolute atomic E-state index is 0.340. The number of hydrogen-bond acceptors (Lipinski definition) is 5. The summed E-state index contributed by atoms with van der Waals surface area (Å²) in [5, 5.41) is 0. The summed E-state index contributed by atoms with van der Waals surface area (Å²) >= 11 is 0. The van der Waals surface area contributed by atoms with Gasteiger partial charge in [0.05, 0.1) is 13.2 Å². The SMILES string of the molecule is CCOC(=O)c1c(C)ccnc1OCC1CCOCC1. The Bertz CT molecular complexity index is 455. The van der Waals surface area contributed by atoms with Crippen LogP contribution in [0.4, 0.5) is 0 Å². The Morgan fingerprint density at radius 1 is 1.45 bits per heavy atom. The molecule has 1 aromatic rings. The lowest BCUT2D eigenvalue weighted by Gasteiger charge is -2.22. The van der Waals surface area contributed by atoms with Crippen LogP contribution >= 0.6 is 0 Å². The Balaban J connectivity index is 2.06. The minimum atomic E-state index is -0.375. The molecular weight excluding hydrogens is 258 g/mol. The maximum Gasteiger partial charge on any atom is 0.343 e. The highest BCUT2D eigenvalue weighted by Crippen LogP contribution is 2.22. The Kier molecular flexibility index (Phi) is 5.35. The second-order valence-electron chi connectivity index (χ2n) is 4.90. The fourth-order valence-electron chi connectivity index (χ4n) is 2.20. The zero-order valence-electron chi connectivity index (χ0n) is 12.1. The average Bonchev–Trinajstić information content (AvgIpc) is 2.46. The molecular formula is C15H21NO4. The summed E-state index contributed by atoms with van der Waals surface area (Å²) < 4.78 is 16.1. The van der Waals surface area contributed by atoms with E-state index >= 15 is 0 Å². The van der Waals surface area contributed by atoms with Crippen molar-refractivity contribution in [2.24, 2.45) is 5.92 Å². The molecule has 2 heterocycles. The molecule has 0 radical (unpaired) electrons. The molecule has 0 bridgehead atoms. The number of carbonyl (C=O) groups is 1. The van der Waals surface area contributed by atoms with E-state index in [0.717, 1.165) is 31.6 Å². The number of esters is 1. The summed E-state index contributed by atoms with van der Waals surface area (Å²) in [7, 11) is 0. The van der Waals surface area contributed by atoms with Crippen LogP contribution in [-0.4, -0.2) is 37.4 Å². The number of aromatic nitrogens is 1. The summed E-state index contributed by atoms with van der Waals surface area (Å²) in [5.41, 5.74) is 1.25. The standard InChI is InChI=1S/C15H21NO4/c1-3-19-15(17)13-11(2)4-7-16-14(13)20-10-12-5-8-18-9-6-12/h4,7,12H,3,5-6,8-10H2,1-2H3. The lowest BCUT2D eigenvalue weighted by molar-refractivity contribution is 0.0459. The number of nitrogens with zero attached hydrogens (tertiary/aromatic N) is 1. The van der Waals surface area contributed by atoms with Gasteiger partial charge < -0.3 is 14.2 Å². The fraction of sp³-hybridized carbons (Fsp3) is 0.600. The molecule has 2 rings (SSSR count). The predicted molar refractivity (Wildman–Crippen MR) is 74.0 cm³/mol. The molecule has 0 aliphatic carbocycles. The molecule has 1 saturated heterocycles. The number of carbonyl (C=O) groups excluding carboxylic acids is 1. The topological polar surface area (TPSA) is 57.7 Å². The normalized spacial score (nSPS) is 15.9. The first kappa shape index (κ1) is 14.8. The predicted octanol–water partition coefficient (Wildman–Crippen LogP) is 2.37. The molecule has 110 valence electrons. The Morgan fingerprint density at radius 2 is 2.20 bits per heavy atom.